The van der Waals surface area contributed by atoms with Gasteiger partial charge < -0.3 is 9.47 Å². The molecule has 25 heavy (non-hydrogen) atoms. The quantitative estimate of drug-likeness (QED) is 0.557. The minimum atomic E-state index is -0.549. The van der Waals surface area contributed by atoms with Crippen molar-refractivity contribution < 1.29 is 19.1 Å². The fraction of sp³-hybridized carbons (Fsp3) is 0.905. The van der Waals surface area contributed by atoms with Crippen LogP contribution in [0.15, 0.2) is 0 Å². The first-order chi connectivity index (χ1) is 11.7. The highest BCUT2D eigenvalue weighted by Crippen LogP contribution is 2.70. The highest BCUT2D eigenvalue weighted by atomic mass is 16.6. The molecule has 0 aromatic heterocycles. The highest BCUT2D eigenvalue weighted by molar-refractivity contribution is 5.80. The van der Waals surface area contributed by atoms with E-state index >= 15 is 0 Å². The van der Waals surface area contributed by atoms with E-state index in [1.807, 2.05) is 20.8 Å². The van der Waals surface area contributed by atoms with Gasteiger partial charge >= 0.3 is 11.9 Å². The average molecular weight is 348 g/mol. The third-order valence-electron chi connectivity index (χ3n) is 8.17. The maximum absolute atomic E-state index is 12.4. The van der Waals surface area contributed by atoms with Gasteiger partial charge in [-0.25, -0.2) is 4.79 Å². The van der Waals surface area contributed by atoms with Crippen LogP contribution in [0.1, 0.15) is 66.2 Å². The Balaban J connectivity index is 1.36. The summed E-state index contributed by atoms with van der Waals surface area (Å²) >= 11 is 0. The van der Waals surface area contributed by atoms with Crippen molar-refractivity contribution in [3.05, 3.63) is 0 Å². The predicted octanol–water partition coefficient (Wildman–Crippen LogP) is 3.97. The molecule has 7 unspecified atom stereocenters. The summed E-state index contributed by atoms with van der Waals surface area (Å²) < 4.78 is 11.1. The van der Waals surface area contributed by atoms with E-state index in [0.29, 0.717) is 12.3 Å². The Labute approximate surface area is 151 Å². The summed E-state index contributed by atoms with van der Waals surface area (Å²) in [6.45, 7) is 7.49. The minimum absolute atomic E-state index is 0.255. The molecule has 0 saturated heterocycles. The van der Waals surface area contributed by atoms with Crippen LogP contribution in [-0.2, 0) is 19.1 Å². The number of fused-ring (bicyclic) bond motifs is 9. The van der Waals surface area contributed by atoms with Crippen molar-refractivity contribution in [1.82, 2.24) is 0 Å². The van der Waals surface area contributed by atoms with Gasteiger partial charge in [-0.2, -0.15) is 0 Å². The fourth-order valence-electron chi connectivity index (χ4n) is 6.74. The summed E-state index contributed by atoms with van der Waals surface area (Å²) in [5.74, 6) is 4.05. The van der Waals surface area contributed by atoms with E-state index in [9.17, 15) is 9.59 Å². The molecule has 4 bridgehead atoms. The first-order valence-corrected chi connectivity index (χ1v) is 10.1. The summed E-state index contributed by atoms with van der Waals surface area (Å²) in [5.41, 5.74) is -0.896. The van der Waals surface area contributed by atoms with E-state index in [0.717, 1.165) is 36.0 Å². The summed E-state index contributed by atoms with van der Waals surface area (Å²) in [7, 11) is 0. The van der Waals surface area contributed by atoms with Gasteiger partial charge in [0, 0.05) is 5.92 Å². The van der Waals surface area contributed by atoms with Crippen molar-refractivity contribution in [3.63, 3.8) is 0 Å². The van der Waals surface area contributed by atoms with Crippen LogP contribution in [0.5, 0.6) is 0 Å². The molecule has 4 rings (SSSR count). The summed E-state index contributed by atoms with van der Waals surface area (Å²) in [6, 6.07) is 0. The van der Waals surface area contributed by atoms with Crippen molar-refractivity contribution in [2.24, 2.45) is 40.9 Å². The van der Waals surface area contributed by atoms with E-state index < -0.39 is 5.41 Å². The number of ether oxygens (including phenoxy) is 2. The van der Waals surface area contributed by atoms with Gasteiger partial charge in [0.25, 0.3) is 0 Å². The number of hydrogen-bond donors (Lipinski definition) is 0. The molecule has 4 fully saturated rings. The molecule has 0 aromatic rings. The smallest absolute Gasteiger partial charge is 0.344 e. The lowest BCUT2D eigenvalue weighted by Crippen LogP contribution is -2.46. The van der Waals surface area contributed by atoms with Crippen LogP contribution in [0.3, 0.4) is 0 Å². The predicted molar refractivity (Wildman–Crippen MR) is 93.6 cm³/mol. The number of rotatable bonds is 5. The number of carbonyl (C=O) groups is 2. The third kappa shape index (κ3) is 2.62. The normalized spacial score (nSPS) is 44.0. The lowest BCUT2D eigenvalue weighted by molar-refractivity contribution is -0.179. The zero-order chi connectivity index (χ0) is 18.0. The zero-order valence-electron chi connectivity index (χ0n) is 16.0. The second-order valence-electron chi connectivity index (χ2n) is 9.89. The molecule has 4 aliphatic carbocycles. The van der Waals surface area contributed by atoms with Gasteiger partial charge in [-0.3, -0.25) is 4.79 Å². The lowest BCUT2D eigenvalue weighted by Gasteiger charge is -2.44. The first kappa shape index (κ1) is 17.4. The van der Waals surface area contributed by atoms with Gasteiger partial charge in [-0.1, -0.05) is 6.92 Å². The lowest BCUT2D eigenvalue weighted by atomic mass is 9.66. The van der Waals surface area contributed by atoms with Crippen LogP contribution >= 0.6 is 0 Å². The second-order valence-corrected chi connectivity index (χ2v) is 9.89. The number of esters is 2. The van der Waals surface area contributed by atoms with Gasteiger partial charge in [-0.05, 0) is 88.9 Å². The van der Waals surface area contributed by atoms with Crippen LogP contribution in [0, 0.1) is 40.9 Å². The van der Waals surface area contributed by atoms with Crippen LogP contribution < -0.4 is 0 Å². The highest BCUT2D eigenvalue weighted by Gasteiger charge is 2.66. The average Bonchev–Trinajstić information content (AvgIpc) is 3.29. The van der Waals surface area contributed by atoms with Crippen molar-refractivity contribution >= 4 is 11.9 Å². The Morgan fingerprint density at radius 2 is 1.76 bits per heavy atom. The number of hydrogen-bond acceptors (Lipinski definition) is 4. The van der Waals surface area contributed by atoms with Gasteiger partial charge in [0.15, 0.2) is 6.61 Å². The van der Waals surface area contributed by atoms with Gasteiger partial charge in [0.05, 0.1) is 5.41 Å². The summed E-state index contributed by atoms with van der Waals surface area (Å²) in [5, 5.41) is 0. The van der Waals surface area contributed by atoms with Crippen molar-refractivity contribution in [3.8, 4) is 0 Å². The van der Waals surface area contributed by atoms with E-state index in [1.54, 1.807) is 0 Å². The molecule has 4 saturated carbocycles. The monoisotopic (exact) mass is 348 g/mol. The van der Waals surface area contributed by atoms with E-state index in [1.165, 1.54) is 25.7 Å². The van der Waals surface area contributed by atoms with E-state index in [4.69, 9.17) is 9.47 Å². The Hall–Kier alpha value is -1.06. The molecule has 0 spiro atoms. The molecule has 0 aromatic carbocycles. The van der Waals surface area contributed by atoms with E-state index in [2.05, 4.69) is 6.92 Å². The minimum Gasteiger partial charge on any atom is -0.457 e. The van der Waals surface area contributed by atoms with Crippen molar-refractivity contribution in [1.29, 1.82) is 0 Å². The molecule has 0 N–H and O–H groups in total. The SMILES string of the molecule is CCC(C)(C)C(=O)OCC(=O)OC1(C)CC2CC1C1C3CCC(C3)C21. The fourth-order valence-corrected chi connectivity index (χ4v) is 6.74. The van der Waals surface area contributed by atoms with Crippen molar-refractivity contribution in [2.75, 3.05) is 6.61 Å². The maximum atomic E-state index is 12.4. The molecule has 4 heteroatoms. The van der Waals surface area contributed by atoms with Gasteiger partial charge in [-0.15, -0.1) is 0 Å². The molecule has 4 nitrogen and oxygen atoms in total. The molecular formula is C21H32O4. The Morgan fingerprint density at radius 1 is 1.08 bits per heavy atom. The summed E-state index contributed by atoms with van der Waals surface area (Å²) in [6.07, 6.45) is 7.14. The third-order valence-corrected chi connectivity index (χ3v) is 8.17. The zero-order valence-corrected chi connectivity index (χ0v) is 16.0. The Morgan fingerprint density at radius 3 is 2.44 bits per heavy atom. The van der Waals surface area contributed by atoms with Crippen LogP contribution in [0.25, 0.3) is 0 Å². The topological polar surface area (TPSA) is 52.6 Å². The molecule has 0 aliphatic heterocycles. The molecular weight excluding hydrogens is 316 g/mol. The summed E-state index contributed by atoms with van der Waals surface area (Å²) in [4.78, 5) is 24.4. The standard InChI is InChI=1S/C21H32O4/c1-5-20(2,3)19(23)24-11-16(22)25-21(4)10-14-9-15(21)18-13-7-6-12(8-13)17(14)18/h12-15,17-18H,5-11H2,1-4H3. The molecule has 140 valence electrons. The molecule has 0 radical (unpaired) electrons. The maximum Gasteiger partial charge on any atom is 0.344 e. The molecule has 4 aliphatic rings. The number of carbonyl (C=O) groups excluding carboxylic acids is 2. The first-order valence-electron chi connectivity index (χ1n) is 10.1. The second kappa shape index (κ2) is 5.72. The van der Waals surface area contributed by atoms with Crippen LogP contribution in [0.2, 0.25) is 0 Å². The molecule has 7 atom stereocenters. The Kier molecular flexibility index (Phi) is 3.97. The van der Waals surface area contributed by atoms with Crippen molar-refractivity contribution in [2.45, 2.75) is 71.8 Å². The largest absolute Gasteiger partial charge is 0.457 e. The van der Waals surface area contributed by atoms with Crippen LogP contribution in [0.4, 0.5) is 0 Å². The van der Waals surface area contributed by atoms with Crippen LogP contribution in [-0.4, -0.2) is 24.1 Å². The molecule has 0 heterocycles. The Bertz CT molecular complexity index is 582. The van der Waals surface area contributed by atoms with Gasteiger partial charge in [0.2, 0.25) is 0 Å². The molecule has 0 amide bonds. The van der Waals surface area contributed by atoms with Gasteiger partial charge in [0.1, 0.15) is 5.60 Å². The van der Waals surface area contributed by atoms with E-state index in [-0.39, 0.29) is 24.1 Å².